The molecule has 6 aromatic heterocycles. The summed E-state index contributed by atoms with van der Waals surface area (Å²) in [6.45, 7) is 30.8. The van der Waals surface area contributed by atoms with Crippen LogP contribution in [0.15, 0.2) is 117 Å². The molecule has 6 heterocycles. The first kappa shape index (κ1) is 74.8. The van der Waals surface area contributed by atoms with Crippen molar-refractivity contribution in [3.8, 4) is 0 Å². The van der Waals surface area contributed by atoms with E-state index < -0.39 is 23.8 Å². The van der Waals surface area contributed by atoms with E-state index in [1.54, 1.807) is 52.1 Å². The lowest BCUT2D eigenvalue weighted by Gasteiger charge is -2.24. The molecular weight excluding hydrogens is 1190 g/mol. The number of aryl methyl sites for hydroxylation is 2. The Labute approximate surface area is 534 Å². The molecule has 0 fully saturated rings. The Hall–Kier alpha value is -9.64. The van der Waals surface area contributed by atoms with Crippen molar-refractivity contribution in [3.63, 3.8) is 0 Å². The summed E-state index contributed by atoms with van der Waals surface area (Å²) in [4.78, 5) is 123. The Morgan fingerprint density at radius 1 is 0.652 bits per heavy atom. The van der Waals surface area contributed by atoms with Gasteiger partial charge in [-0.25, -0.2) is 44.1 Å². The molecule has 0 bridgehead atoms. The fraction of sp³-hybridized carbons (Fsp3) is 0.460. The Bertz CT molecular complexity index is 3950. The summed E-state index contributed by atoms with van der Waals surface area (Å²) in [7, 11) is 6.82. The topological polar surface area (TPSA) is 350 Å². The van der Waals surface area contributed by atoms with E-state index in [4.69, 9.17) is 31.9 Å². The number of imidazole rings is 2. The van der Waals surface area contributed by atoms with E-state index in [9.17, 15) is 38.4 Å². The molecule has 0 saturated heterocycles. The zero-order chi connectivity index (χ0) is 68.7. The second-order valence-corrected chi connectivity index (χ2v) is 25.0. The molecular formula is C63H86BN15O13. The van der Waals surface area contributed by atoms with Crippen LogP contribution in [0.5, 0.6) is 0 Å². The van der Waals surface area contributed by atoms with Crippen molar-refractivity contribution in [2.24, 2.45) is 5.92 Å². The van der Waals surface area contributed by atoms with Crippen molar-refractivity contribution in [1.82, 2.24) is 63.0 Å². The van der Waals surface area contributed by atoms with Crippen LogP contribution < -0.4 is 33.1 Å². The maximum Gasteiger partial charge on any atom is 0.413 e. The van der Waals surface area contributed by atoms with Crippen molar-refractivity contribution in [2.75, 3.05) is 50.7 Å². The third kappa shape index (κ3) is 24.0. The van der Waals surface area contributed by atoms with Crippen LogP contribution in [0.2, 0.25) is 6.32 Å². The summed E-state index contributed by atoms with van der Waals surface area (Å²) in [5.74, 6) is -0.273. The minimum Gasteiger partial charge on any atom is -0.480 e. The molecule has 2 aromatic carbocycles. The van der Waals surface area contributed by atoms with E-state index in [1.807, 2.05) is 139 Å². The molecule has 8 rings (SSSR count). The first-order chi connectivity index (χ1) is 43.0. The van der Waals surface area contributed by atoms with Crippen LogP contribution in [0, 0.1) is 19.8 Å². The standard InChI is InChI=1S/C17H19N5O2.C16H19N3O3.C11H20BNO5.C10H14N4O.C9H14N2O2/c1-17(2,3)22-11-20-13-14(18-10-19-15(13)22)21-16(23)24-9-12-7-5-4-6-8-12;1-16(2,3)19-10-9-13(17-14(19)20)18-15(21)22-11-12-7-5-4-6-8-12;1-9(8-18-4-3-17-2)6-13(7-11(15)16)10(14)5-12;1-6-12-8-7(9(15)13-6)11-5-14(8)10(2,3)4;1-6-5-11(9(2,3)4)8(13)10-7(6)12/h4-8,10-11H,9H2,1-3H3,(H,18,19,21,23);4-10H,11H2,1-3H3,(H,17,18,20,21);9H,3-8H2,1-2H3,(H,15,16);5H,1-4H3,(H,12,13,15);5H,1-4H3,(H,10,12,13)/t;;9-;;/m..1../s1. The van der Waals surface area contributed by atoms with Gasteiger partial charge in [0.2, 0.25) is 5.91 Å². The van der Waals surface area contributed by atoms with E-state index in [0.29, 0.717) is 65.9 Å². The number of rotatable bonds is 16. The molecule has 29 heteroatoms. The zero-order valence-electron chi connectivity index (χ0n) is 55.3. The predicted octanol–water partition coefficient (Wildman–Crippen LogP) is 7.65. The lowest BCUT2D eigenvalue weighted by atomic mass is 10.0. The van der Waals surface area contributed by atoms with Gasteiger partial charge in [0, 0.05) is 53.8 Å². The van der Waals surface area contributed by atoms with E-state index >= 15 is 0 Å². The highest BCUT2D eigenvalue weighted by Gasteiger charge is 2.23. The quantitative estimate of drug-likeness (QED) is 0.0458. The monoisotopic (exact) mass is 1270 g/mol. The third-order valence-electron chi connectivity index (χ3n) is 12.8. The molecule has 5 N–H and O–H groups in total. The minimum absolute atomic E-state index is 0.0386. The summed E-state index contributed by atoms with van der Waals surface area (Å²) < 4.78 is 27.3. The van der Waals surface area contributed by atoms with Gasteiger partial charge in [0.1, 0.15) is 37.7 Å². The van der Waals surface area contributed by atoms with Crippen LogP contribution in [0.3, 0.4) is 0 Å². The molecule has 1 atom stereocenters. The number of aliphatic carboxylic acids is 1. The molecule has 0 aliphatic carbocycles. The number of carboxylic acid groups (broad SMARTS) is 1. The summed E-state index contributed by atoms with van der Waals surface area (Å²) in [5.41, 5.74) is 2.35. The number of aromatic amines is 2. The second kappa shape index (κ2) is 34.0. The van der Waals surface area contributed by atoms with Gasteiger partial charge >= 0.3 is 29.5 Å². The number of carboxylic acids is 1. The van der Waals surface area contributed by atoms with Crippen molar-refractivity contribution in [1.29, 1.82) is 0 Å². The van der Waals surface area contributed by atoms with Crippen LogP contribution in [0.4, 0.5) is 21.2 Å². The first-order valence-corrected chi connectivity index (χ1v) is 29.3. The van der Waals surface area contributed by atoms with Gasteiger partial charge in [-0.1, -0.05) is 67.6 Å². The van der Waals surface area contributed by atoms with Crippen molar-refractivity contribution >= 4 is 65.9 Å². The van der Waals surface area contributed by atoms with Gasteiger partial charge in [0.25, 0.3) is 11.1 Å². The van der Waals surface area contributed by atoms with Crippen LogP contribution in [0.25, 0.3) is 22.3 Å². The molecule has 0 saturated carbocycles. The Balaban J connectivity index is 0.000000249. The Morgan fingerprint density at radius 2 is 1.18 bits per heavy atom. The van der Waals surface area contributed by atoms with E-state index in [-0.39, 0.29) is 82.7 Å². The van der Waals surface area contributed by atoms with Crippen molar-refractivity contribution in [3.05, 3.63) is 162 Å². The number of aromatic nitrogens is 12. The summed E-state index contributed by atoms with van der Waals surface area (Å²) in [6.07, 6.45) is 6.52. The zero-order valence-corrected chi connectivity index (χ0v) is 55.3. The number of benzene rings is 2. The lowest BCUT2D eigenvalue weighted by Crippen LogP contribution is -2.39. The van der Waals surface area contributed by atoms with Crippen LogP contribution >= 0.6 is 0 Å². The fourth-order valence-corrected chi connectivity index (χ4v) is 8.10. The summed E-state index contributed by atoms with van der Waals surface area (Å²) >= 11 is 0. The number of nitrogens with zero attached hydrogens (tertiary/aromatic N) is 11. The number of fused-ring (bicyclic) bond motifs is 2. The van der Waals surface area contributed by atoms with Gasteiger partial charge in [0.15, 0.2) is 28.1 Å². The summed E-state index contributed by atoms with van der Waals surface area (Å²) in [5, 5.41) is 13.8. The van der Waals surface area contributed by atoms with Crippen LogP contribution in [-0.4, -0.2) is 140 Å². The maximum atomic E-state index is 12.0. The lowest BCUT2D eigenvalue weighted by molar-refractivity contribution is -0.144. The Morgan fingerprint density at radius 3 is 1.70 bits per heavy atom. The first-order valence-electron chi connectivity index (χ1n) is 29.3. The van der Waals surface area contributed by atoms with Crippen molar-refractivity contribution < 1.29 is 43.2 Å². The molecule has 92 heavy (non-hydrogen) atoms. The number of anilines is 2. The van der Waals surface area contributed by atoms with Gasteiger partial charge in [0.05, 0.1) is 40.3 Å². The normalized spacial score (nSPS) is 11.7. The summed E-state index contributed by atoms with van der Waals surface area (Å²) in [6, 6.07) is 20.4. The smallest absolute Gasteiger partial charge is 0.413 e. The number of nitrogens with one attached hydrogen (secondary N) is 4. The fourth-order valence-electron chi connectivity index (χ4n) is 8.10. The number of carbonyl (C=O) groups is 4. The number of H-pyrrole nitrogens is 2. The van der Waals surface area contributed by atoms with E-state index in [0.717, 1.165) is 11.1 Å². The van der Waals surface area contributed by atoms with Gasteiger partial charge in [-0.15, -0.1) is 0 Å². The van der Waals surface area contributed by atoms with Crippen LogP contribution in [-0.2, 0) is 63.9 Å². The maximum absolute atomic E-state index is 12.0. The molecule has 0 spiro atoms. The van der Waals surface area contributed by atoms with Crippen LogP contribution in [0.1, 0.15) is 113 Å². The highest BCUT2D eigenvalue weighted by Crippen LogP contribution is 2.24. The molecule has 0 aliphatic rings. The molecule has 28 nitrogen and oxygen atoms in total. The van der Waals surface area contributed by atoms with Crippen molar-refractivity contribution in [2.45, 2.75) is 146 Å². The number of carbonyl (C=O) groups excluding carboxylic acids is 3. The van der Waals surface area contributed by atoms with Gasteiger partial charge in [-0.3, -0.25) is 43.9 Å². The molecule has 494 valence electrons. The van der Waals surface area contributed by atoms with Gasteiger partial charge in [-0.2, -0.15) is 4.98 Å². The van der Waals surface area contributed by atoms with E-state index in [1.165, 1.54) is 20.4 Å². The highest BCUT2D eigenvalue weighted by atomic mass is 16.6. The van der Waals surface area contributed by atoms with E-state index in [2.05, 4.69) is 71.3 Å². The number of methoxy groups -OCH3 is 1. The number of hydrogen-bond acceptors (Lipinski definition) is 18. The molecule has 0 aliphatic heterocycles. The molecule has 3 amide bonds. The molecule has 8 aromatic rings. The SMILES string of the molecule is CC(C)(C)n1ccc(NC(=O)OCc2ccccc2)nc1=O.CC(C)(C)n1cnc2c(NC(=O)OCc3ccccc3)ncnc21.Cc1cn(C(C)(C)C)c(=O)[nH]c1=O.Cc1nc2c(ncn2C(C)(C)C)c(=O)[nH]1.[B]CC(=O)N(CC(=O)O)C[C@@H](C)COCCOC. The molecule has 2 radical (unpaired) electrons. The second-order valence-electron chi connectivity index (χ2n) is 25.0. The third-order valence-corrected chi connectivity index (χ3v) is 12.8. The average molecular weight is 1270 g/mol. The van der Waals surface area contributed by atoms with Gasteiger partial charge in [-0.05, 0) is 126 Å². The average Bonchev–Trinajstić information content (AvgIpc) is 1.63. The molecule has 0 unspecified atom stereocenters. The predicted molar refractivity (Wildman–Crippen MR) is 350 cm³/mol. The minimum atomic E-state index is -1.05. The largest absolute Gasteiger partial charge is 0.480 e. The number of hydrogen-bond donors (Lipinski definition) is 5. The number of ether oxygens (including phenoxy) is 4. The van der Waals surface area contributed by atoms with Gasteiger partial charge < -0.3 is 43.1 Å². The number of amides is 3. The Kier molecular flexibility index (Phi) is 27.6. The highest BCUT2D eigenvalue weighted by molar-refractivity contribution is 6.19.